The summed E-state index contributed by atoms with van der Waals surface area (Å²) in [6.45, 7) is 8.35. The SMILES string of the molecule is Cc1cc(C)c(OCC2CC2)c(CC(C)(C)C(=O)O)c1. The predicted octanol–water partition coefficient (Wildman–Crippen LogP) is 3.75. The molecule has 1 N–H and O–H groups in total. The van der Waals surface area contributed by atoms with Crippen molar-refractivity contribution in [1.82, 2.24) is 0 Å². The van der Waals surface area contributed by atoms with Gasteiger partial charge in [-0.1, -0.05) is 17.7 Å². The molecule has 1 aliphatic carbocycles. The van der Waals surface area contributed by atoms with Crippen molar-refractivity contribution in [2.75, 3.05) is 6.61 Å². The van der Waals surface area contributed by atoms with Gasteiger partial charge in [-0.2, -0.15) is 0 Å². The zero-order valence-electron chi connectivity index (χ0n) is 12.8. The first kappa shape index (κ1) is 14.9. The lowest BCUT2D eigenvalue weighted by molar-refractivity contribution is -0.146. The van der Waals surface area contributed by atoms with Crippen LogP contribution in [0.3, 0.4) is 0 Å². The molecule has 110 valence electrons. The van der Waals surface area contributed by atoms with E-state index in [-0.39, 0.29) is 0 Å². The summed E-state index contributed by atoms with van der Waals surface area (Å²) in [5.41, 5.74) is 2.48. The summed E-state index contributed by atoms with van der Waals surface area (Å²) >= 11 is 0. The van der Waals surface area contributed by atoms with E-state index in [0.717, 1.165) is 29.0 Å². The number of ether oxygens (including phenoxy) is 1. The Morgan fingerprint density at radius 2 is 2.00 bits per heavy atom. The molecule has 0 saturated heterocycles. The molecule has 1 aromatic rings. The number of aryl methyl sites for hydroxylation is 2. The van der Waals surface area contributed by atoms with Gasteiger partial charge >= 0.3 is 5.97 Å². The summed E-state index contributed by atoms with van der Waals surface area (Å²) in [6, 6.07) is 4.15. The molecular formula is C17H24O3. The van der Waals surface area contributed by atoms with Crippen molar-refractivity contribution in [3.05, 3.63) is 28.8 Å². The maximum absolute atomic E-state index is 11.3. The number of carbonyl (C=O) groups is 1. The van der Waals surface area contributed by atoms with Crippen LogP contribution in [0.5, 0.6) is 5.75 Å². The number of benzene rings is 1. The summed E-state index contributed by atoms with van der Waals surface area (Å²) in [6.07, 6.45) is 2.99. The standard InChI is InChI=1S/C17H24O3/c1-11-7-12(2)15(20-10-13-5-6-13)14(8-11)9-17(3,4)16(18)19/h7-8,13H,5-6,9-10H2,1-4H3,(H,18,19). The number of aliphatic carboxylic acids is 1. The van der Waals surface area contributed by atoms with Gasteiger partial charge in [0.1, 0.15) is 5.75 Å². The minimum atomic E-state index is -0.780. The van der Waals surface area contributed by atoms with E-state index < -0.39 is 11.4 Å². The average molecular weight is 276 g/mol. The van der Waals surface area contributed by atoms with Gasteiger partial charge in [-0.15, -0.1) is 0 Å². The van der Waals surface area contributed by atoms with Crippen LogP contribution in [-0.2, 0) is 11.2 Å². The van der Waals surface area contributed by atoms with Crippen molar-refractivity contribution in [1.29, 1.82) is 0 Å². The van der Waals surface area contributed by atoms with E-state index in [1.54, 1.807) is 13.8 Å². The zero-order chi connectivity index (χ0) is 14.9. The van der Waals surface area contributed by atoms with E-state index in [4.69, 9.17) is 4.74 Å². The number of rotatable bonds is 6. The van der Waals surface area contributed by atoms with Crippen molar-refractivity contribution >= 4 is 5.97 Å². The van der Waals surface area contributed by atoms with Crippen LogP contribution in [0.4, 0.5) is 0 Å². The summed E-state index contributed by atoms with van der Waals surface area (Å²) in [4.78, 5) is 11.3. The molecule has 1 saturated carbocycles. The Bertz CT molecular complexity index is 513. The third kappa shape index (κ3) is 3.53. The van der Waals surface area contributed by atoms with Crippen LogP contribution in [0.15, 0.2) is 12.1 Å². The summed E-state index contributed by atoms with van der Waals surface area (Å²) in [7, 11) is 0. The minimum Gasteiger partial charge on any atom is -0.493 e. The molecule has 20 heavy (non-hydrogen) atoms. The molecule has 1 fully saturated rings. The highest BCUT2D eigenvalue weighted by Gasteiger charge is 2.30. The minimum absolute atomic E-state index is 0.491. The molecule has 3 heteroatoms. The van der Waals surface area contributed by atoms with E-state index in [9.17, 15) is 9.90 Å². The van der Waals surface area contributed by atoms with Crippen LogP contribution >= 0.6 is 0 Å². The van der Waals surface area contributed by atoms with Crippen LogP contribution in [0.25, 0.3) is 0 Å². The fourth-order valence-electron chi connectivity index (χ4n) is 2.42. The highest BCUT2D eigenvalue weighted by atomic mass is 16.5. The lowest BCUT2D eigenvalue weighted by Gasteiger charge is -2.22. The van der Waals surface area contributed by atoms with Crippen LogP contribution in [0.1, 0.15) is 43.4 Å². The number of carboxylic acid groups (broad SMARTS) is 1. The second-order valence-electron chi connectivity index (χ2n) is 6.69. The van der Waals surface area contributed by atoms with Gasteiger partial charge in [0.25, 0.3) is 0 Å². The summed E-state index contributed by atoms with van der Waals surface area (Å²) < 4.78 is 5.98. The molecule has 0 amide bonds. The molecule has 0 atom stereocenters. The largest absolute Gasteiger partial charge is 0.493 e. The molecule has 0 aromatic heterocycles. The van der Waals surface area contributed by atoms with Crippen molar-refractivity contribution in [3.63, 3.8) is 0 Å². The molecule has 0 unspecified atom stereocenters. The van der Waals surface area contributed by atoms with Gasteiger partial charge in [0, 0.05) is 0 Å². The predicted molar refractivity (Wildman–Crippen MR) is 79.3 cm³/mol. The summed E-state index contributed by atoms with van der Waals surface area (Å²) in [5.74, 6) is 0.803. The lowest BCUT2D eigenvalue weighted by Crippen LogP contribution is -2.26. The van der Waals surface area contributed by atoms with Gasteiger partial charge in [0.05, 0.1) is 12.0 Å². The van der Waals surface area contributed by atoms with Crippen LogP contribution in [0.2, 0.25) is 0 Å². The van der Waals surface area contributed by atoms with E-state index in [1.807, 2.05) is 13.8 Å². The third-order valence-electron chi connectivity index (χ3n) is 3.87. The molecule has 2 rings (SSSR count). The Labute approximate surface area is 121 Å². The molecule has 0 spiro atoms. The second kappa shape index (κ2) is 5.47. The van der Waals surface area contributed by atoms with Crippen LogP contribution in [0, 0.1) is 25.2 Å². The quantitative estimate of drug-likeness (QED) is 0.860. The lowest BCUT2D eigenvalue weighted by atomic mass is 9.84. The van der Waals surface area contributed by atoms with Crippen molar-refractivity contribution < 1.29 is 14.6 Å². The third-order valence-corrected chi connectivity index (χ3v) is 3.87. The normalized spacial score (nSPS) is 15.2. The van der Waals surface area contributed by atoms with Crippen molar-refractivity contribution in [2.45, 2.75) is 47.0 Å². The van der Waals surface area contributed by atoms with Crippen LogP contribution < -0.4 is 4.74 Å². The second-order valence-corrected chi connectivity index (χ2v) is 6.69. The highest BCUT2D eigenvalue weighted by Crippen LogP contribution is 2.34. The molecule has 0 bridgehead atoms. The maximum atomic E-state index is 11.3. The Morgan fingerprint density at radius 3 is 2.55 bits per heavy atom. The Balaban J connectivity index is 2.26. The molecule has 0 heterocycles. The number of hydrogen-bond donors (Lipinski definition) is 1. The zero-order valence-corrected chi connectivity index (χ0v) is 12.8. The topological polar surface area (TPSA) is 46.5 Å². The molecule has 1 aliphatic rings. The van der Waals surface area contributed by atoms with E-state index in [1.165, 1.54) is 12.8 Å². The molecule has 0 aliphatic heterocycles. The van der Waals surface area contributed by atoms with Gasteiger partial charge in [-0.05, 0) is 64.0 Å². The molecule has 0 radical (unpaired) electrons. The van der Waals surface area contributed by atoms with Gasteiger partial charge in [-0.25, -0.2) is 0 Å². The number of carboxylic acids is 1. The van der Waals surface area contributed by atoms with Crippen molar-refractivity contribution in [2.24, 2.45) is 11.3 Å². The highest BCUT2D eigenvalue weighted by molar-refractivity contribution is 5.74. The fraction of sp³-hybridized carbons (Fsp3) is 0.588. The Kier molecular flexibility index (Phi) is 4.07. The Morgan fingerprint density at radius 1 is 1.35 bits per heavy atom. The van der Waals surface area contributed by atoms with E-state index >= 15 is 0 Å². The van der Waals surface area contributed by atoms with Gasteiger partial charge < -0.3 is 9.84 Å². The maximum Gasteiger partial charge on any atom is 0.309 e. The van der Waals surface area contributed by atoms with Gasteiger partial charge in [0.15, 0.2) is 0 Å². The molecule has 1 aromatic carbocycles. The smallest absolute Gasteiger partial charge is 0.309 e. The monoisotopic (exact) mass is 276 g/mol. The van der Waals surface area contributed by atoms with Gasteiger partial charge in [0.2, 0.25) is 0 Å². The number of hydrogen-bond acceptors (Lipinski definition) is 2. The first-order valence-electron chi connectivity index (χ1n) is 7.26. The Hall–Kier alpha value is -1.51. The molecule has 3 nitrogen and oxygen atoms in total. The van der Waals surface area contributed by atoms with E-state index in [0.29, 0.717) is 12.3 Å². The first-order valence-corrected chi connectivity index (χ1v) is 7.26. The molecular weight excluding hydrogens is 252 g/mol. The average Bonchev–Trinajstić information content (AvgIpc) is 3.10. The first-order chi connectivity index (χ1) is 9.29. The van der Waals surface area contributed by atoms with Gasteiger partial charge in [-0.3, -0.25) is 4.79 Å². The van der Waals surface area contributed by atoms with Crippen LogP contribution in [-0.4, -0.2) is 17.7 Å². The van der Waals surface area contributed by atoms with Crippen molar-refractivity contribution in [3.8, 4) is 5.75 Å². The fourth-order valence-corrected chi connectivity index (χ4v) is 2.42. The summed E-state index contributed by atoms with van der Waals surface area (Å²) in [5, 5.41) is 9.32. The van der Waals surface area contributed by atoms with E-state index in [2.05, 4.69) is 12.1 Å².